The lowest BCUT2D eigenvalue weighted by Crippen LogP contribution is -2.02. The first-order valence-corrected chi connectivity index (χ1v) is 27.1. The van der Waals surface area contributed by atoms with Gasteiger partial charge in [0.05, 0.1) is 37.2 Å². The Kier molecular flexibility index (Phi) is 9.57. The fourth-order valence-corrected chi connectivity index (χ4v) is 14.4. The quantitative estimate of drug-likeness (QED) is 0.160. The molecular weight excluding hydrogens is 965 g/mol. The van der Waals surface area contributed by atoms with Crippen LogP contribution in [0.1, 0.15) is 0 Å². The Hall–Kier alpha value is -9.60. The molecule has 0 amide bonds. The van der Waals surface area contributed by atoms with Crippen LogP contribution in [-0.2, 0) is 0 Å². The standard InChI is InChI=1S/C68H40N6S2/c1-5-19-41(20-6-1)66-70-67(42-21-7-2-8-22-42)72-68(71-66)56-39-43(46-29-17-30-51-53-37-35-49-47-27-13-15-33-57(47)73(44-23-9-3-10-24-44)60(49)64(53)75-62(46)51)40-69-59(56)55-32-18-31-52-54-38-36-50-48-28-14-16-34-58(48)74(45-25-11-4-12-26-45)61(50)65(54)76-63(52)55/h1-40H. The van der Waals surface area contributed by atoms with E-state index in [0.717, 1.165) is 55.1 Å². The number of para-hydroxylation sites is 4. The van der Waals surface area contributed by atoms with E-state index < -0.39 is 0 Å². The van der Waals surface area contributed by atoms with Gasteiger partial charge in [-0.05, 0) is 42.5 Å². The van der Waals surface area contributed by atoms with Crippen LogP contribution in [0.2, 0.25) is 0 Å². The highest BCUT2D eigenvalue weighted by Crippen LogP contribution is 2.49. The molecule has 0 saturated carbocycles. The van der Waals surface area contributed by atoms with Gasteiger partial charge in [-0.2, -0.15) is 0 Å². The third kappa shape index (κ3) is 6.51. The summed E-state index contributed by atoms with van der Waals surface area (Å²) in [5, 5.41) is 9.77. The molecule has 16 rings (SSSR count). The summed E-state index contributed by atoms with van der Waals surface area (Å²) in [5.74, 6) is 1.75. The fourth-order valence-electron chi connectivity index (χ4n) is 11.6. The van der Waals surface area contributed by atoms with Crippen molar-refractivity contribution in [3.8, 4) is 67.9 Å². The summed E-state index contributed by atoms with van der Waals surface area (Å²) in [6.07, 6.45) is 2.06. The van der Waals surface area contributed by atoms with Gasteiger partial charge < -0.3 is 9.13 Å². The van der Waals surface area contributed by atoms with Crippen LogP contribution < -0.4 is 0 Å². The van der Waals surface area contributed by atoms with Gasteiger partial charge in [0.1, 0.15) is 0 Å². The minimum Gasteiger partial charge on any atom is -0.308 e. The maximum absolute atomic E-state index is 5.58. The van der Waals surface area contributed by atoms with E-state index in [9.17, 15) is 0 Å². The summed E-state index contributed by atoms with van der Waals surface area (Å²) >= 11 is 3.69. The molecule has 0 radical (unpaired) electrons. The third-order valence-electron chi connectivity index (χ3n) is 15.0. The van der Waals surface area contributed by atoms with Crippen molar-refractivity contribution in [2.24, 2.45) is 0 Å². The van der Waals surface area contributed by atoms with Gasteiger partial charge in [-0.25, -0.2) is 15.0 Å². The second-order valence-electron chi connectivity index (χ2n) is 19.3. The summed E-state index contributed by atoms with van der Waals surface area (Å²) < 4.78 is 9.70. The Morgan fingerprint density at radius 3 is 1.22 bits per heavy atom. The van der Waals surface area contributed by atoms with E-state index in [1.807, 2.05) is 59.1 Å². The van der Waals surface area contributed by atoms with E-state index in [0.29, 0.717) is 17.5 Å². The molecule has 0 fully saturated rings. The molecule has 0 unspecified atom stereocenters. The number of fused-ring (bicyclic) bond motifs is 14. The average molecular weight is 1010 g/mol. The number of benzene rings is 10. The molecule has 16 aromatic rings. The maximum atomic E-state index is 5.58. The number of hydrogen-bond donors (Lipinski definition) is 0. The molecule has 0 saturated heterocycles. The number of thiophene rings is 2. The molecule has 6 nitrogen and oxygen atoms in total. The molecular formula is C68H40N6S2. The van der Waals surface area contributed by atoms with Gasteiger partial charge >= 0.3 is 0 Å². The molecule has 354 valence electrons. The van der Waals surface area contributed by atoms with Crippen LogP contribution in [0.3, 0.4) is 0 Å². The Morgan fingerprint density at radius 1 is 0.289 bits per heavy atom. The first kappa shape index (κ1) is 42.9. The van der Waals surface area contributed by atoms with E-state index in [-0.39, 0.29) is 0 Å². The average Bonchev–Trinajstić information content (AvgIpc) is 4.42. The second kappa shape index (κ2) is 17.0. The number of aromatic nitrogens is 6. The van der Waals surface area contributed by atoms with Crippen molar-refractivity contribution < 1.29 is 0 Å². The van der Waals surface area contributed by atoms with Crippen molar-refractivity contribution in [2.75, 3.05) is 0 Å². The lowest BCUT2D eigenvalue weighted by Gasteiger charge is -2.14. The number of rotatable bonds is 7. The Labute approximate surface area is 443 Å². The van der Waals surface area contributed by atoms with Crippen LogP contribution in [0.4, 0.5) is 0 Å². The third-order valence-corrected chi connectivity index (χ3v) is 17.5. The highest BCUT2D eigenvalue weighted by molar-refractivity contribution is 7.27. The van der Waals surface area contributed by atoms with Gasteiger partial charge in [0.2, 0.25) is 0 Å². The lowest BCUT2D eigenvalue weighted by atomic mass is 9.97. The van der Waals surface area contributed by atoms with E-state index in [1.54, 1.807) is 0 Å². The Balaban J connectivity index is 0.968. The van der Waals surface area contributed by atoms with Gasteiger partial charge in [0.15, 0.2) is 17.5 Å². The van der Waals surface area contributed by atoms with Crippen LogP contribution in [-0.4, -0.2) is 29.1 Å². The Bertz CT molecular complexity index is 4920. The molecule has 0 aliphatic carbocycles. The second-order valence-corrected chi connectivity index (χ2v) is 21.3. The number of pyridine rings is 1. The van der Waals surface area contributed by atoms with Crippen molar-refractivity contribution >= 4 is 107 Å². The van der Waals surface area contributed by atoms with Crippen LogP contribution in [0.25, 0.3) is 152 Å². The molecule has 8 heteroatoms. The van der Waals surface area contributed by atoms with Crippen molar-refractivity contribution in [1.29, 1.82) is 0 Å². The monoisotopic (exact) mass is 1000 g/mol. The van der Waals surface area contributed by atoms with Crippen molar-refractivity contribution in [2.45, 2.75) is 0 Å². The molecule has 0 aliphatic rings. The molecule has 0 N–H and O–H groups in total. The molecule has 0 atom stereocenters. The zero-order valence-corrected chi connectivity index (χ0v) is 42.2. The van der Waals surface area contributed by atoms with Crippen LogP contribution in [0.5, 0.6) is 0 Å². The van der Waals surface area contributed by atoms with Gasteiger partial charge in [-0.1, -0.05) is 194 Å². The fraction of sp³-hybridized carbons (Fsp3) is 0. The highest BCUT2D eigenvalue weighted by atomic mass is 32.1. The van der Waals surface area contributed by atoms with E-state index in [2.05, 4.69) is 216 Å². The van der Waals surface area contributed by atoms with Crippen molar-refractivity contribution in [3.63, 3.8) is 0 Å². The van der Waals surface area contributed by atoms with E-state index >= 15 is 0 Å². The van der Waals surface area contributed by atoms with Gasteiger partial charge in [-0.15, -0.1) is 22.7 Å². The van der Waals surface area contributed by atoms with E-state index in [1.165, 1.54) is 79.3 Å². The van der Waals surface area contributed by atoms with Gasteiger partial charge in [0, 0.05) is 103 Å². The van der Waals surface area contributed by atoms with Crippen molar-refractivity contribution in [3.05, 3.63) is 243 Å². The topological polar surface area (TPSA) is 61.4 Å². The number of nitrogens with zero attached hydrogens (tertiary/aromatic N) is 6. The van der Waals surface area contributed by atoms with Crippen LogP contribution in [0.15, 0.2) is 243 Å². The highest BCUT2D eigenvalue weighted by Gasteiger charge is 2.25. The molecule has 76 heavy (non-hydrogen) atoms. The minimum absolute atomic E-state index is 0.555. The molecule has 6 aromatic heterocycles. The van der Waals surface area contributed by atoms with E-state index in [4.69, 9.17) is 19.9 Å². The zero-order chi connectivity index (χ0) is 49.8. The summed E-state index contributed by atoms with van der Waals surface area (Å²) in [6.45, 7) is 0. The molecule has 10 aromatic carbocycles. The minimum atomic E-state index is 0.555. The normalized spacial score (nSPS) is 11.9. The largest absolute Gasteiger partial charge is 0.308 e. The summed E-state index contributed by atoms with van der Waals surface area (Å²) in [5.41, 5.74) is 13.6. The van der Waals surface area contributed by atoms with Gasteiger partial charge in [0.25, 0.3) is 0 Å². The predicted molar refractivity (Wildman–Crippen MR) is 319 cm³/mol. The first-order valence-electron chi connectivity index (χ1n) is 25.5. The molecule has 6 heterocycles. The molecule has 0 aliphatic heterocycles. The first-order chi connectivity index (χ1) is 37.7. The summed E-state index contributed by atoms with van der Waals surface area (Å²) in [4.78, 5) is 21.5. The number of hydrogen-bond acceptors (Lipinski definition) is 6. The predicted octanol–water partition coefficient (Wildman–Crippen LogP) is 18.5. The Morgan fingerprint density at radius 2 is 0.697 bits per heavy atom. The summed E-state index contributed by atoms with van der Waals surface area (Å²) in [6, 6.07) is 84.2. The zero-order valence-electron chi connectivity index (χ0n) is 40.6. The van der Waals surface area contributed by atoms with Crippen LogP contribution in [0, 0.1) is 0 Å². The summed E-state index contributed by atoms with van der Waals surface area (Å²) in [7, 11) is 0. The lowest BCUT2D eigenvalue weighted by molar-refractivity contribution is 1.07. The SMILES string of the molecule is c1ccc(-c2nc(-c3ccccc3)nc(-c3cc(-c4cccc5c4sc4c5ccc5c6ccccc6n(-c6ccccc6)c54)cnc3-c3cccc4c3sc3c4ccc4c5ccccc5n(-c5ccccc5)c43)n2)cc1. The molecule has 0 bridgehead atoms. The smallest absolute Gasteiger partial charge is 0.166 e. The maximum Gasteiger partial charge on any atom is 0.166 e. The van der Waals surface area contributed by atoms with Crippen molar-refractivity contribution in [1.82, 2.24) is 29.1 Å². The van der Waals surface area contributed by atoms with Crippen LogP contribution >= 0.6 is 22.7 Å². The molecule has 0 spiro atoms. The van der Waals surface area contributed by atoms with Gasteiger partial charge in [-0.3, -0.25) is 4.98 Å².